The molecule has 0 saturated carbocycles. The molecular weight excluding hydrogens is 200 g/mol. The third-order valence-electron chi connectivity index (χ3n) is 2.74. The van der Waals surface area contributed by atoms with Gasteiger partial charge in [0.2, 0.25) is 0 Å². The zero-order valence-corrected chi connectivity index (χ0v) is 10.2. The van der Waals surface area contributed by atoms with Gasteiger partial charge in [0.25, 0.3) is 0 Å². The summed E-state index contributed by atoms with van der Waals surface area (Å²) in [5.74, 6) is 0. The van der Waals surface area contributed by atoms with Crippen LogP contribution in [0.4, 0.5) is 11.4 Å². The van der Waals surface area contributed by atoms with E-state index in [0.717, 1.165) is 36.2 Å². The van der Waals surface area contributed by atoms with Crippen LogP contribution in [0.25, 0.3) is 0 Å². The maximum absolute atomic E-state index is 9.27. The average molecular weight is 222 g/mol. The van der Waals surface area contributed by atoms with Gasteiger partial charge in [0, 0.05) is 17.4 Å². The van der Waals surface area contributed by atoms with Crippen molar-refractivity contribution in [2.24, 2.45) is 0 Å². The Balaban J connectivity index is 2.62. The number of nitrogens with two attached hydrogens (primary N) is 1. The number of hydrogen-bond acceptors (Lipinski definition) is 3. The number of nitrogens with one attached hydrogen (secondary N) is 1. The van der Waals surface area contributed by atoms with E-state index in [1.807, 2.05) is 25.1 Å². The number of benzene rings is 1. The first-order valence-corrected chi connectivity index (χ1v) is 5.91. The molecule has 0 heterocycles. The van der Waals surface area contributed by atoms with Gasteiger partial charge in [-0.25, -0.2) is 0 Å². The number of anilines is 2. The molecule has 90 valence electrons. The summed E-state index contributed by atoms with van der Waals surface area (Å²) in [5, 5.41) is 12.6. The fourth-order valence-corrected chi connectivity index (χ4v) is 1.73. The van der Waals surface area contributed by atoms with Crippen LogP contribution >= 0.6 is 0 Å². The summed E-state index contributed by atoms with van der Waals surface area (Å²) in [7, 11) is 0. The molecule has 1 aromatic rings. The highest BCUT2D eigenvalue weighted by Crippen LogP contribution is 2.19. The quantitative estimate of drug-likeness (QED) is 0.648. The van der Waals surface area contributed by atoms with Gasteiger partial charge in [-0.05, 0) is 37.1 Å². The molecule has 0 saturated heterocycles. The predicted molar refractivity (Wildman–Crippen MR) is 69.6 cm³/mol. The molecule has 1 unspecified atom stereocenters. The van der Waals surface area contributed by atoms with Crippen LogP contribution < -0.4 is 11.1 Å². The summed E-state index contributed by atoms with van der Waals surface area (Å²) in [4.78, 5) is 0. The molecule has 1 rings (SSSR count). The Hall–Kier alpha value is -1.22. The van der Waals surface area contributed by atoms with Crippen molar-refractivity contribution in [1.82, 2.24) is 0 Å². The fraction of sp³-hybridized carbons (Fsp3) is 0.538. The Kier molecular flexibility index (Phi) is 5.12. The molecular formula is C13H22N2O. The number of unbranched alkanes of at least 4 members (excludes halogenated alkanes) is 1. The smallest absolute Gasteiger partial charge is 0.0632 e. The minimum atomic E-state index is 0.141. The minimum Gasteiger partial charge on any atom is -0.399 e. The molecule has 0 amide bonds. The molecule has 0 radical (unpaired) electrons. The zero-order chi connectivity index (χ0) is 12.0. The van der Waals surface area contributed by atoms with Crippen molar-refractivity contribution in [3.05, 3.63) is 23.8 Å². The van der Waals surface area contributed by atoms with E-state index < -0.39 is 0 Å². The first-order valence-electron chi connectivity index (χ1n) is 5.91. The maximum atomic E-state index is 9.27. The standard InChI is InChI=1S/C13H22N2O/c1-3-4-5-12(9-16)15-13-7-6-11(14)8-10(13)2/h6-8,12,15-16H,3-5,9,14H2,1-2H3. The van der Waals surface area contributed by atoms with Gasteiger partial charge < -0.3 is 16.2 Å². The summed E-state index contributed by atoms with van der Waals surface area (Å²) in [5.41, 5.74) is 8.65. The van der Waals surface area contributed by atoms with Gasteiger partial charge in [0.15, 0.2) is 0 Å². The summed E-state index contributed by atoms with van der Waals surface area (Å²) < 4.78 is 0. The van der Waals surface area contributed by atoms with Gasteiger partial charge in [0.1, 0.15) is 0 Å². The van der Waals surface area contributed by atoms with E-state index in [0.29, 0.717) is 0 Å². The highest BCUT2D eigenvalue weighted by Gasteiger charge is 2.07. The minimum absolute atomic E-state index is 0.141. The topological polar surface area (TPSA) is 58.3 Å². The van der Waals surface area contributed by atoms with Crippen molar-refractivity contribution in [1.29, 1.82) is 0 Å². The maximum Gasteiger partial charge on any atom is 0.0632 e. The SMILES string of the molecule is CCCCC(CO)Nc1ccc(N)cc1C. The van der Waals surface area contributed by atoms with Gasteiger partial charge in [-0.1, -0.05) is 19.8 Å². The number of aliphatic hydroxyl groups is 1. The van der Waals surface area contributed by atoms with E-state index in [1.54, 1.807) is 0 Å². The van der Waals surface area contributed by atoms with E-state index in [4.69, 9.17) is 5.73 Å². The molecule has 0 aliphatic carbocycles. The molecule has 1 atom stereocenters. The number of nitrogen functional groups attached to an aromatic ring is 1. The fourth-order valence-electron chi connectivity index (χ4n) is 1.73. The summed E-state index contributed by atoms with van der Waals surface area (Å²) >= 11 is 0. The lowest BCUT2D eigenvalue weighted by Crippen LogP contribution is -2.24. The van der Waals surface area contributed by atoms with Crippen LogP contribution in [0.5, 0.6) is 0 Å². The third-order valence-corrected chi connectivity index (χ3v) is 2.74. The van der Waals surface area contributed by atoms with Crippen molar-refractivity contribution in [2.45, 2.75) is 39.2 Å². The van der Waals surface area contributed by atoms with Crippen LogP contribution in [0.3, 0.4) is 0 Å². The van der Waals surface area contributed by atoms with Crippen LogP contribution in [-0.4, -0.2) is 17.8 Å². The zero-order valence-electron chi connectivity index (χ0n) is 10.2. The molecule has 3 heteroatoms. The molecule has 0 aliphatic rings. The van der Waals surface area contributed by atoms with Crippen LogP contribution in [-0.2, 0) is 0 Å². The normalized spacial score (nSPS) is 12.4. The lowest BCUT2D eigenvalue weighted by Gasteiger charge is -2.19. The Labute approximate surface area is 97.7 Å². The number of aliphatic hydroxyl groups excluding tert-OH is 1. The molecule has 4 N–H and O–H groups in total. The van der Waals surface area contributed by atoms with Gasteiger partial charge in [-0.2, -0.15) is 0 Å². The molecule has 1 aromatic carbocycles. The highest BCUT2D eigenvalue weighted by molar-refractivity contribution is 5.57. The van der Waals surface area contributed by atoms with Crippen LogP contribution in [0.15, 0.2) is 18.2 Å². The molecule has 0 fully saturated rings. The van der Waals surface area contributed by atoms with Crippen molar-refractivity contribution in [3.8, 4) is 0 Å². The number of hydrogen-bond donors (Lipinski definition) is 3. The van der Waals surface area contributed by atoms with E-state index in [-0.39, 0.29) is 12.6 Å². The van der Waals surface area contributed by atoms with Crippen molar-refractivity contribution < 1.29 is 5.11 Å². The Morgan fingerprint density at radius 2 is 2.19 bits per heavy atom. The van der Waals surface area contributed by atoms with Gasteiger partial charge in [-0.3, -0.25) is 0 Å². The number of aryl methyl sites for hydroxylation is 1. The second kappa shape index (κ2) is 6.38. The van der Waals surface area contributed by atoms with E-state index in [9.17, 15) is 5.11 Å². The third kappa shape index (κ3) is 3.74. The van der Waals surface area contributed by atoms with Gasteiger partial charge in [-0.15, -0.1) is 0 Å². The monoisotopic (exact) mass is 222 g/mol. The second-order valence-corrected chi connectivity index (χ2v) is 4.24. The van der Waals surface area contributed by atoms with E-state index >= 15 is 0 Å². The van der Waals surface area contributed by atoms with Gasteiger partial charge >= 0.3 is 0 Å². The molecule has 0 bridgehead atoms. The van der Waals surface area contributed by atoms with E-state index in [2.05, 4.69) is 12.2 Å². The molecule has 0 aromatic heterocycles. The Morgan fingerprint density at radius 3 is 2.75 bits per heavy atom. The average Bonchev–Trinajstić information content (AvgIpc) is 2.27. The summed E-state index contributed by atoms with van der Waals surface area (Å²) in [6.07, 6.45) is 3.28. The van der Waals surface area contributed by atoms with Crippen molar-refractivity contribution in [2.75, 3.05) is 17.7 Å². The Morgan fingerprint density at radius 1 is 1.44 bits per heavy atom. The van der Waals surface area contributed by atoms with Gasteiger partial charge in [0.05, 0.1) is 6.61 Å². The summed E-state index contributed by atoms with van der Waals surface area (Å²) in [6.45, 7) is 4.35. The molecule has 0 aliphatic heterocycles. The highest BCUT2D eigenvalue weighted by atomic mass is 16.3. The lowest BCUT2D eigenvalue weighted by atomic mass is 10.1. The van der Waals surface area contributed by atoms with Crippen LogP contribution in [0.2, 0.25) is 0 Å². The first kappa shape index (κ1) is 12.8. The lowest BCUT2D eigenvalue weighted by molar-refractivity contribution is 0.267. The van der Waals surface area contributed by atoms with Crippen molar-refractivity contribution >= 4 is 11.4 Å². The molecule has 0 spiro atoms. The summed E-state index contributed by atoms with van der Waals surface area (Å²) in [6, 6.07) is 5.93. The Bertz CT molecular complexity index is 326. The van der Waals surface area contributed by atoms with Crippen molar-refractivity contribution in [3.63, 3.8) is 0 Å². The predicted octanol–water partition coefficient (Wildman–Crippen LogP) is 2.54. The number of rotatable bonds is 6. The van der Waals surface area contributed by atoms with Crippen LogP contribution in [0, 0.1) is 6.92 Å². The molecule has 16 heavy (non-hydrogen) atoms. The largest absolute Gasteiger partial charge is 0.399 e. The van der Waals surface area contributed by atoms with E-state index in [1.165, 1.54) is 0 Å². The van der Waals surface area contributed by atoms with Crippen LogP contribution in [0.1, 0.15) is 31.7 Å². The molecule has 3 nitrogen and oxygen atoms in total. The second-order valence-electron chi connectivity index (χ2n) is 4.24. The first-order chi connectivity index (χ1) is 7.67.